The number of nitrogens with zero attached hydrogens (tertiary/aromatic N) is 4. The number of hydrogen-bond acceptors (Lipinski definition) is 7. The highest BCUT2D eigenvalue weighted by Gasteiger charge is 2.26. The van der Waals surface area contributed by atoms with Crippen molar-refractivity contribution in [3.05, 3.63) is 73.8 Å². The van der Waals surface area contributed by atoms with Crippen LogP contribution in [0.3, 0.4) is 0 Å². The molecule has 2 aromatic carbocycles. The molecule has 0 saturated carbocycles. The third-order valence-electron chi connectivity index (χ3n) is 4.56. The average molecular weight is 384 g/mol. The van der Waals surface area contributed by atoms with E-state index in [-0.39, 0.29) is 22.8 Å². The smallest absolute Gasteiger partial charge is 0.293 e. The van der Waals surface area contributed by atoms with Crippen LogP contribution < -0.4 is 4.90 Å². The molecule has 2 aromatic rings. The third kappa shape index (κ3) is 3.80. The van der Waals surface area contributed by atoms with Crippen molar-refractivity contribution in [3.63, 3.8) is 0 Å². The van der Waals surface area contributed by atoms with Gasteiger partial charge in [0.15, 0.2) is 0 Å². The van der Waals surface area contributed by atoms with Crippen molar-refractivity contribution in [1.82, 2.24) is 4.90 Å². The van der Waals surface area contributed by atoms with Crippen molar-refractivity contribution >= 4 is 29.3 Å². The summed E-state index contributed by atoms with van der Waals surface area (Å²) >= 11 is 0. The number of nitro benzene ring substituents is 2. The van der Waals surface area contributed by atoms with E-state index in [0.29, 0.717) is 43.7 Å². The van der Waals surface area contributed by atoms with E-state index in [2.05, 4.69) is 0 Å². The molecule has 0 aromatic heterocycles. The van der Waals surface area contributed by atoms with Gasteiger partial charge in [-0.05, 0) is 24.3 Å². The molecule has 10 nitrogen and oxygen atoms in total. The van der Waals surface area contributed by atoms with Gasteiger partial charge in [-0.15, -0.1) is 0 Å². The molecule has 1 heterocycles. The molecule has 0 N–H and O–H groups in total. The second-order valence-electron chi connectivity index (χ2n) is 6.21. The summed E-state index contributed by atoms with van der Waals surface area (Å²) < 4.78 is 0. The highest BCUT2D eigenvalue weighted by atomic mass is 16.6. The van der Waals surface area contributed by atoms with Crippen LogP contribution in [0.15, 0.2) is 42.5 Å². The van der Waals surface area contributed by atoms with Gasteiger partial charge in [-0.1, -0.05) is 0 Å². The minimum absolute atomic E-state index is 0.0903. The molecule has 0 bridgehead atoms. The summed E-state index contributed by atoms with van der Waals surface area (Å²) in [5, 5.41) is 22.0. The van der Waals surface area contributed by atoms with Gasteiger partial charge < -0.3 is 9.80 Å². The molecular formula is C18H16N4O6. The number of carbonyl (C=O) groups excluding carboxylic acids is 2. The zero-order valence-corrected chi connectivity index (χ0v) is 14.7. The predicted octanol–water partition coefficient (Wildman–Crippen LogP) is 2.28. The van der Waals surface area contributed by atoms with E-state index >= 15 is 0 Å². The Bertz CT molecular complexity index is 936. The number of rotatable bonds is 5. The first-order valence-electron chi connectivity index (χ1n) is 8.43. The molecular weight excluding hydrogens is 368 g/mol. The Labute approximate surface area is 159 Å². The van der Waals surface area contributed by atoms with Crippen LogP contribution in [0.25, 0.3) is 0 Å². The van der Waals surface area contributed by atoms with Crippen molar-refractivity contribution in [2.24, 2.45) is 0 Å². The van der Waals surface area contributed by atoms with Gasteiger partial charge in [0.1, 0.15) is 12.0 Å². The molecule has 0 radical (unpaired) electrons. The van der Waals surface area contributed by atoms with Crippen molar-refractivity contribution in [2.75, 3.05) is 31.1 Å². The number of hydrogen-bond donors (Lipinski definition) is 0. The van der Waals surface area contributed by atoms with Gasteiger partial charge in [0.25, 0.3) is 17.3 Å². The van der Waals surface area contributed by atoms with Crippen LogP contribution in [-0.4, -0.2) is 53.1 Å². The number of anilines is 1. The SMILES string of the molecule is O=Cc1ccc(N2CCN(C(=O)c3ccc([N+](=O)[O-])cc3)CC2)c([N+](=O)[O-])c1. The van der Waals surface area contributed by atoms with E-state index in [1.807, 2.05) is 0 Å². The number of nitro groups is 2. The number of non-ortho nitro benzene ring substituents is 1. The number of carbonyl (C=O) groups is 2. The fraction of sp³-hybridized carbons (Fsp3) is 0.222. The molecule has 1 amide bonds. The van der Waals surface area contributed by atoms with E-state index in [9.17, 15) is 29.8 Å². The van der Waals surface area contributed by atoms with Crippen LogP contribution in [0.1, 0.15) is 20.7 Å². The van der Waals surface area contributed by atoms with Gasteiger partial charge in [0, 0.05) is 55.5 Å². The van der Waals surface area contributed by atoms with Crippen molar-refractivity contribution in [1.29, 1.82) is 0 Å². The van der Waals surface area contributed by atoms with E-state index in [0.717, 1.165) is 0 Å². The summed E-state index contributed by atoms with van der Waals surface area (Å²) in [5.41, 5.74) is 0.730. The van der Waals surface area contributed by atoms with Crippen LogP contribution in [0.2, 0.25) is 0 Å². The maximum atomic E-state index is 12.6. The van der Waals surface area contributed by atoms with Crippen molar-refractivity contribution in [3.8, 4) is 0 Å². The lowest BCUT2D eigenvalue weighted by atomic mass is 10.1. The number of benzene rings is 2. The zero-order chi connectivity index (χ0) is 20.3. The molecule has 0 aliphatic carbocycles. The molecule has 1 aliphatic rings. The molecule has 0 atom stereocenters. The summed E-state index contributed by atoms with van der Waals surface area (Å²) in [6.07, 6.45) is 0.553. The van der Waals surface area contributed by atoms with Crippen LogP contribution in [0.4, 0.5) is 17.1 Å². The molecule has 0 unspecified atom stereocenters. The largest absolute Gasteiger partial charge is 0.362 e. The predicted molar refractivity (Wildman–Crippen MR) is 99.7 cm³/mol. The summed E-state index contributed by atoms with van der Waals surface area (Å²) in [4.78, 5) is 47.8. The Morgan fingerprint density at radius 2 is 1.57 bits per heavy atom. The minimum atomic E-state index is -0.532. The van der Waals surface area contributed by atoms with E-state index < -0.39 is 9.85 Å². The number of aldehydes is 1. The van der Waals surface area contributed by atoms with Crippen LogP contribution in [-0.2, 0) is 0 Å². The summed E-state index contributed by atoms with van der Waals surface area (Å²) in [7, 11) is 0. The second kappa shape index (κ2) is 7.82. The summed E-state index contributed by atoms with van der Waals surface area (Å²) in [6.45, 7) is 1.48. The Kier molecular flexibility index (Phi) is 5.30. The quantitative estimate of drug-likeness (QED) is 0.439. The zero-order valence-electron chi connectivity index (χ0n) is 14.7. The van der Waals surface area contributed by atoms with Gasteiger partial charge in [0.2, 0.25) is 0 Å². The normalized spacial score (nSPS) is 13.9. The average Bonchev–Trinajstić information content (AvgIpc) is 2.73. The minimum Gasteiger partial charge on any atom is -0.362 e. The molecule has 0 spiro atoms. The van der Waals surface area contributed by atoms with E-state index in [1.165, 1.54) is 42.5 Å². The van der Waals surface area contributed by atoms with Gasteiger partial charge >= 0.3 is 0 Å². The number of piperazine rings is 1. The van der Waals surface area contributed by atoms with Crippen LogP contribution >= 0.6 is 0 Å². The van der Waals surface area contributed by atoms with Gasteiger partial charge in [-0.2, -0.15) is 0 Å². The fourth-order valence-corrected chi connectivity index (χ4v) is 3.09. The van der Waals surface area contributed by atoms with Crippen LogP contribution in [0.5, 0.6) is 0 Å². The number of amides is 1. The van der Waals surface area contributed by atoms with E-state index in [4.69, 9.17) is 0 Å². The van der Waals surface area contributed by atoms with E-state index in [1.54, 1.807) is 9.80 Å². The molecule has 144 valence electrons. The fourth-order valence-electron chi connectivity index (χ4n) is 3.09. The maximum Gasteiger partial charge on any atom is 0.293 e. The lowest BCUT2D eigenvalue weighted by molar-refractivity contribution is -0.384. The van der Waals surface area contributed by atoms with Crippen molar-refractivity contribution < 1.29 is 19.4 Å². The summed E-state index contributed by atoms with van der Waals surface area (Å²) in [5.74, 6) is -0.250. The molecule has 28 heavy (non-hydrogen) atoms. The van der Waals surface area contributed by atoms with Crippen LogP contribution in [0, 0.1) is 20.2 Å². The molecule has 10 heteroatoms. The molecule has 1 fully saturated rings. The lowest BCUT2D eigenvalue weighted by Crippen LogP contribution is -2.49. The molecule has 1 aliphatic heterocycles. The molecule has 3 rings (SSSR count). The first-order chi connectivity index (χ1) is 13.4. The Morgan fingerprint density at radius 1 is 0.929 bits per heavy atom. The lowest BCUT2D eigenvalue weighted by Gasteiger charge is -2.35. The summed E-state index contributed by atoms with van der Waals surface area (Å²) in [6, 6.07) is 9.67. The third-order valence-corrected chi connectivity index (χ3v) is 4.56. The maximum absolute atomic E-state index is 12.6. The van der Waals surface area contributed by atoms with Gasteiger partial charge in [-0.3, -0.25) is 29.8 Å². The standard InChI is InChI=1S/C18H16N4O6/c23-12-13-1-6-16(17(11-13)22(27)28)19-7-9-20(10-8-19)18(24)14-2-4-15(5-3-14)21(25)26/h1-6,11-12H,7-10H2. The highest BCUT2D eigenvalue weighted by Crippen LogP contribution is 2.30. The molecule has 1 saturated heterocycles. The highest BCUT2D eigenvalue weighted by molar-refractivity contribution is 5.94. The topological polar surface area (TPSA) is 127 Å². The first kappa shape index (κ1) is 19.0. The first-order valence-corrected chi connectivity index (χ1v) is 8.43. The Balaban J connectivity index is 1.70. The Morgan fingerprint density at radius 3 is 2.11 bits per heavy atom. The second-order valence-corrected chi connectivity index (χ2v) is 6.21. The van der Waals surface area contributed by atoms with Gasteiger partial charge in [-0.25, -0.2) is 0 Å². The van der Waals surface area contributed by atoms with Gasteiger partial charge in [0.05, 0.1) is 9.85 Å². The monoisotopic (exact) mass is 384 g/mol. The van der Waals surface area contributed by atoms with Crippen molar-refractivity contribution in [2.45, 2.75) is 0 Å². The Hall–Kier alpha value is -3.82.